The molecule has 1 saturated carbocycles. The van der Waals surface area contributed by atoms with Crippen LogP contribution in [0.1, 0.15) is 45.4 Å². The number of amides is 1. The lowest BCUT2D eigenvalue weighted by atomic mass is 9.71. The van der Waals surface area contributed by atoms with Gasteiger partial charge >= 0.3 is 0 Å². The van der Waals surface area contributed by atoms with E-state index in [0.717, 1.165) is 12.8 Å². The maximum atomic E-state index is 11.9. The Balaban J connectivity index is 2.41. The van der Waals surface area contributed by atoms with Crippen LogP contribution in [0.5, 0.6) is 0 Å². The van der Waals surface area contributed by atoms with Crippen molar-refractivity contribution in [3.8, 4) is 0 Å². The van der Waals surface area contributed by atoms with Crippen molar-refractivity contribution in [2.24, 2.45) is 11.1 Å². The van der Waals surface area contributed by atoms with Crippen molar-refractivity contribution in [3.05, 3.63) is 0 Å². The Morgan fingerprint density at radius 3 is 2.59 bits per heavy atom. The van der Waals surface area contributed by atoms with Crippen LogP contribution in [0, 0.1) is 5.41 Å². The molecule has 0 spiro atoms. The van der Waals surface area contributed by atoms with Gasteiger partial charge in [-0.2, -0.15) is 0 Å². The zero-order valence-electron chi connectivity index (χ0n) is 11.1. The molecule has 1 rings (SSSR count). The van der Waals surface area contributed by atoms with Gasteiger partial charge in [-0.25, -0.2) is 0 Å². The van der Waals surface area contributed by atoms with Gasteiger partial charge in [0, 0.05) is 19.6 Å². The van der Waals surface area contributed by atoms with Crippen molar-refractivity contribution in [2.45, 2.75) is 51.5 Å². The number of methoxy groups -OCH3 is 1. The number of carbonyl (C=O) groups is 1. The van der Waals surface area contributed by atoms with Crippen molar-refractivity contribution in [1.29, 1.82) is 0 Å². The van der Waals surface area contributed by atoms with Gasteiger partial charge in [0.25, 0.3) is 0 Å². The van der Waals surface area contributed by atoms with E-state index in [1.165, 1.54) is 19.3 Å². The van der Waals surface area contributed by atoms with E-state index in [-0.39, 0.29) is 17.4 Å². The van der Waals surface area contributed by atoms with Gasteiger partial charge in [0.1, 0.15) is 0 Å². The van der Waals surface area contributed by atoms with E-state index in [9.17, 15) is 4.79 Å². The highest BCUT2D eigenvalue weighted by Crippen LogP contribution is 2.38. The summed E-state index contributed by atoms with van der Waals surface area (Å²) >= 11 is 0. The third-order valence-electron chi connectivity index (χ3n) is 3.71. The number of hydrogen-bond acceptors (Lipinski definition) is 3. The molecule has 0 heterocycles. The molecule has 1 atom stereocenters. The zero-order chi connectivity index (χ0) is 12.7. The molecule has 3 N–H and O–H groups in total. The monoisotopic (exact) mass is 242 g/mol. The van der Waals surface area contributed by atoms with Gasteiger partial charge in [-0.15, -0.1) is 0 Å². The predicted molar refractivity (Wildman–Crippen MR) is 68.7 cm³/mol. The number of nitrogens with two attached hydrogens (primary N) is 1. The fourth-order valence-corrected chi connectivity index (χ4v) is 2.71. The number of carbonyl (C=O) groups excluding carboxylic acids is 1. The van der Waals surface area contributed by atoms with E-state index in [4.69, 9.17) is 10.5 Å². The van der Waals surface area contributed by atoms with Gasteiger partial charge in [0.05, 0.1) is 6.61 Å². The van der Waals surface area contributed by atoms with Crippen LogP contribution in [0.15, 0.2) is 0 Å². The highest BCUT2D eigenvalue weighted by molar-refractivity contribution is 5.77. The molecule has 1 unspecified atom stereocenters. The van der Waals surface area contributed by atoms with Gasteiger partial charge in [0.15, 0.2) is 0 Å². The quantitative estimate of drug-likeness (QED) is 0.740. The molecular weight excluding hydrogens is 216 g/mol. The topological polar surface area (TPSA) is 64.3 Å². The van der Waals surface area contributed by atoms with Crippen LogP contribution in [0.4, 0.5) is 0 Å². The standard InChI is InChI=1S/C13H26N2O2/c1-11(9-17-2)15-12(16)8-13(10-14)6-4-3-5-7-13/h11H,3-10,14H2,1-2H3,(H,15,16). The van der Waals surface area contributed by atoms with Gasteiger partial charge < -0.3 is 15.8 Å². The molecule has 0 aromatic heterocycles. The van der Waals surface area contributed by atoms with Crippen LogP contribution in [0.2, 0.25) is 0 Å². The Kier molecular flexibility index (Phi) is 5.92. The molecule has 0 radical (unpaired) electrons. The number of ether oxygens (including phenoxy) is 1. The first-order valence-corrected chi connectivity index (χ1v) is 6.60. The molecule has 1 aliphatic rings. The second kappa shape index (κ2) is 6.97. The Morgan fingerprint density at radius 1 is 1.41 bits per heavy atom. The minimum Gasteiger partial charge on any atom is -0.383 e. The van der Waals surface area contributed by atoms with E-state index in [1.54, 1.807) is 7.11 Å². The van der Waals surface area contributed by atoms with Gasteiger partial charge in [-0.05, 0) is 31.7 Å². The third-order valence-corrected chi connectivity index (χ3v) is 3.71. The Morgan fingerprint density at radius 2 is 2.06 bits per heavy atom. The summed E-state index contributed by atoms with van der Waals surface area (Å²) < 4.78 is 5.01. The molecule has 17 heavy (non-hydrogen) atoms. The summed E-state index contributed by atoms with van der Waals surface area (Å²) in [5, 5.41) is 2.97. The fourth-order valence-electron chi connectivity index (χ4n) is 2.71. The largest absolute Gasteiger partial charge is 0.383 e. The summed E-state index contributed by atoms with van der Waals surface area (Å²) in [6, 6.07) is 0.0749. The molecule has 100 valence electrons. The van der Waals surface area contributed by atoms with Gasteiger partial charge in [-0.3, -0.25) is 4.79 Å². The first kappa shape index (κ1) is 14.5. The minimum absolute atomic E-state index is 0.0507. The summed E-state index contributed by atoms with van der Waals surface area (Å²) in [6.45, 7) is 3.14. The van der Waals surface area contributed by atoms with E-state index >= 15 is 0 Å². The molecule has 1 amide bonds. The highest BCUT2D eigenvalue weighted by Gasteiger charge is 2.33. The summed E-state index contributed by atoms with van der Waals surface area (Å²) in [6.07, 6.45) is 6.45. The second-order valence-electron chi connectivity index (χ2n) is 5.37. The van der Waals surface area contributed by atoms with Gasteiger partial charge in [0.2, 0.25) is 5.91 Å². The third kappa shape index (κ3) is 4.64. The number of nitrogens with one attached hydrogen (secondary N) is 1. The molecule has 0 aromatic rings. The second-order valence-corrected chi connectivity index (χ2v) is 5.37. The van der Waals surface area contributed by atoms with Crippen LogP contribution < -0.4 is 11.1 Å². The average Bonchev–Trinajstić information content (AvgIpc) is 2.30. The van der Waals surface area contributed by atoms with E-state index in [0.29, 0.717) is 19.6 Å². The fraction of sp³-hybridized carbons (Fsp3) is 0.923. The maximum Gasteiger partial charge on any atom is 0.220 e. The van der Waals surface area contributed by atoms with Gasteiger partial charge in [-0.1, -0.05) is 19.3 Å². The van der Waals surface area contributed by atoms with E-state index in [1.807, 2.05) is 6.92 Å². The highest BCUT2D eigenvalue weighted by atomic mass is 16.5. The van der Waals surface area contributed by atoms with Crippen LogP contribution in [-0.2, 0) is 9.53 Å². The van der Waals surface area contributed by atoms with Crippen molar-refractivity contribution in [2.75, 3.05) is 20.3 Å². The summed E-state index contributed by atoms with van der Waals surface area (Å²) in [5.74, 6) is 0.113. The van der Waals surface area contributed by atoms with Crippen LogP contribution in [0.3, 0.4) is 0 Å². The Bertz CT molecular complexity index is 238. The lowest BCUT2D eigenvalue weighted by molar-refractivity contribution is -0.124. The molecule has 1 fully saturated rings. The SMILES string of the molecule is COCC(C)NC(=O)CC1(CN)CCCCC1. The van der Waals surface area contributed by atoms with Crippen molar-refractivity contribution in [1.82, 2.24) is 5.32 Å². The molecule has 4 heteroatoms. The van der Waals surface area contributed by atoms with Crippen molar-refractivity contribution >= 4 is 5.91 Å². The minimum atomic E-state index is 0.0507. The average molecular weight is 242 g/mol. The molecule has 4 nitrogen and oxygen atoms in total. The first-order chi connectivity index (χ1) is 8.12. The lowest BCUT2D eigenvalue weighted by Crippen LogP contribution is -2.42. The smallest absolute Gasteiger partial charge is 0.220 e. The van der Waals surface area contributed by atoms with E-state index < -0.39 is 0 Å². The lowest BCUT2D eigenvalue weighted by Gasteiger charge is -2.35. The Hall–Kier alpha value is -0.610. The first-order valence-electron chi connectivity index (χ1n) is 6.60. The molecule has 0 bridgehead atoms. The summed E-state index contributed by atoms with van der Waals surface area (Å²) in [5.41, 5.74) is 5.92. The summed E-state index contributed by atoms with van der Waals surface area (Å²) in [4.78, 5) is 11.9. The van der Waals surface area contributed by atoms with Crippen molar-refractivity contribution < 1.29 is 9.53 Å². The predicted octanol–water partition coefficient (Wildman–Crippen LogP) is 1.44. The molecule has 0 saturated heterocycles. The van der Waals surface area contributed by atoms with Crippen LogP contribution >= 0.6 is 0 Å². The zero-order valence-corrected chi connectivity index (χ0v) is 11.1. The number of hydrogen-bond donors (Lipinski definition) is 2. The normalized spacial score (nSPS) is 20.9. The van der Waals surface area contributed by atoms with E-state index in [2.05, 4.69) is 5.32 Å². The van der Waals surface area contributed by atoms with Crippen molar-refractivity contribution in [3.63, 3.8) is 0 Å². The molecule has 0 aliphatic heterocycles. The summed E-state index contributed by atoms with van der Waals surface area (Å²) in [7, 11) is 1.64. The Labute approximate surface area is 104 Å². The number of rotatable bonds is 6. The molecule has 1 aliphatic carbocycles. The molecular formula is C13H26N2O2. The maximum absolute atomic E-state index is 11.9. The van der Waals surface area contributed by atoms with Crippen LogP contribution in [0.25, 0.3) is 0 Å². The molecule has 0 aromatic carbocycles. The van der Waals surface area contributed by atoms with Crippen LogP contribution in [-0.4, -0.2) is 32.2 Å².